The summed E-state index contributed by atoms with van der Waals surface area (Å²) in [6.45, 7) is 3.20. The van der Waals surface area contributed by atoms with Crippen molar-refractivity contribution in [1.29, 1.82) is 0 Å². The maximum atomic E-state index is 15.4. The number of nitrogens with two attached hydrogens (primary N) is 2. The van der Waals surface area contributed by atoms with Crippen molar-refractivity contribution in [2.75, 3.05) is 9.44 Å². The molecule has 0 spiro atoms. The zero-order valence-corrected chi connectivity index (χ0v) is 28.4. The molecule has 2 heterocycles. The van der Waals surface area contributed by atoms with E-state index in [0.29, 0.717) is 22.3 Å². The van der Waals surface area contributed by atoms with Crippen molar-refractivity contribution < 1.29 is 39.2 Å². The predicted octanol–water partition coefficient (Wildman–Crippen LogP) is 5.00. The lowest BCUT2D eigenvalue weighted by Gasteiger charge is -2.13. The molecule has 6 N–H and O–H groups in total. The summed E-state index contributed by atoms with van der Waals surface area (Å²) >= 11 is 0. The molecule has 0 atom stereocenters. The first-order valence-corrected chi connectivity index (χ1v) is 18.0. The van der Waals surface area contributed by atoms with Gasteiger partial charge >= 0.3 is 11.3 Å². The van der Waals surface area contributed by atoms with Crippen molar-refractivity contribution in [3.8, 4) is 11.5 Å². The van der Waals surface area contributed by atoms with Crippen molar-refractivity contribution in [1.82, 2.24) is 0 Å². The van der Waals surface area contributed by atoms with Crippen LogP contribution >= 0.6 is 0 Å². The van der Waals surface area contributed by atoms with E-state index in [1.807, 2.05) is 0 Å². The molecule has 264 valence electrons. The first-order valence-electron chi connectivity index (χ1n) is 14.9. The minimum Gasteiger partial charge on any atom is -0.451 e. The zero-order chi connectivity index (χ0) is 36.8. The Morgan fingerprint density at radius 1 is 0.647 bits per heavy atom. The molecule has 51 heavy (non-hydrogen) atoms. The van der Waals surface area contributed by atoms with Crippen LogP contribution in [0.4, 0.5) is 20.2 Å². The quantitative estimate of drug-likeness (QED) is 0.139. The normalized spacial score (nSPS) is 12.0. The second-order valence-corrected chi connectivity index (χ2v) is 14.3. The van der Waals surface area contributed by atoms with Crippen molar-refractivity contribution in [2.24, 2.45) is 10.3 Å². The Bertz CT molecular complexity index is 2550. The van der Waals surface area contributed by atoms with Crippen LogP contribution in [0.15, 0.2) is 91.2 Å². The molecule has 6 aromatic rings. The standard InChI is InChI=1S/C34H28F2N4O9S2/c1-17-23-13-27(35)31(15-29(23)48-33(41)25(17)11-19-5-3-7-21(9-19)39-50(37,43)44)47-32-16-30-24(14-28(32)36)18(2)26(34(42)49-30)12-20-6-4-8-22(10-20)40-51(38,45)46/h3-10,13-16,39-40H,11-12H2,1-2H3,(H2,37,43,44)(H2,38,45,46). The van der Waals surface area contributed by atoms with Gasteiger partial charge in [-0.25, -0.2) is 28.6 Å². The molecule has 13 nitrogen and oxygen atoms in total. The Kier molecular flexibility index (Phi) is 9.15. The number of hydrogen-bond donors (Lipinski definition) is 4. The Hall–Kier alpha value is -5.62. The minimum absolute atomic E-state index is 0.0287. The molecule has 0 aliphatic carbocycles. The highest BCUT2D eigenvalue weighted by atomic mass is 32.2. The van der Waals surface area contributed by atoms with Gasteiger partial charge in [0.15, 0.2) is 23.1 Å². The van der Waals surface area contributed by atoms with E-state index in [0.717, 1.165) is 24.3 Å². The van der Waals surface area contributed by atoms with Crippen LogP contribution < -0.4 is 35.7 Å². The van der Waals surface area contributed by atoms with E-state index in [1.165, 1.54) is 24.3 Å². The number of anilines is 2. The van der Waals surface area contributed by atoms with E-state index < -0.39 is 54.8 Å². The highest BCUT2D eigenvalue weighted by Crippen LogP contribution is 2.35. The van der Waals surface area contributed by atoms with Crippen molar-refractivity contribution >= 4 is 53.7 Å². The largest absolute Gasteiger partial charge is 0.451 e. The fraction of sp³-hybridized carbons (Fsp3) is 0.118. The monoisotopic (exact) mass is 738 g/mol. The molecule has 2 aromatic heterocycles. The third-order valence-corrected chi connectivity index (χ3v) is 9.08. The topological polar surface area (TPSA) is 214 Å². The molecule has 6 rings (SSSR count). The Morgan fingerprint density at radius 3 is 1.41 bits per heavy atom. The number of fused-ring (bicyclic) bond motifs is 2. The minimum atomic E-state index is -4.02. The fourth-order valence-corrected chi connectivity index (χ4v) is 6.60. The van der Waals surface area contributed by atoms with Crippen LogP contribution in [0.1, 0.15) is 33.4 Å². The molecular weight excluding hydrogens is 711 g/mol. The van der Waals surface area contributed by atoms with E-state index >= 15 is 8.78 Å². The van der Waals surface area contributed by atoms with Crippen LogP contribution in [0.5, 0.6) is 11.5 Å². The number of benzene rings is 4. The number of hydrogen-bond acceptors (Lipinski definition) is 9. The van der Waals surface area contributed by atoms with Crippen LogP contribution in [-0.2, 0) is 33.3 Å². The average Bonchev–Trinajstić information content (AvgIpc) is 3.02. The van der Waals surface area contributed by atoms with E-state index in [1.54, 1.807) is 38.1 Å². The Morgan fingerprint density at radius 2 is 1.04 bits per heavy atom. The summed E-state index contributed by atoms with van der Waals surface area (Å²) in [4.78, 5) is 26.1. The summed E-state index contributed by atoms with van der Waals surface area (Å²) in [6.07, 6.45) is 0.0575. The summed E-state index contributed by atoms with van der Waals surface area (Å²) in [7, 11) is -8.05. The number of rotatable bonds is 10. The maximum absolute atomic E-state index is 15.4. The SMILES string of the molecule is Cc1c(Cc2cccc(NS(N)(=O)=O)c2)c(=O)oc2cc(Oc3cc4oc(=O)c(Cc5cccc(NS(N)(=O)=O)c5)c(C)c4cc3F)c(F)cc12. The molecule has 0 saturated heterocycles. The Labute approximate surface area is 288 Å². The number of nitrogens with one attached hydrogen (secondary N) is 2. The third-order valence-electron chi connectivity index (χ3n) is 8.04. The number of aryl methyl sites for hydroxylation is 2. The van der Waals surface area contributed by atoms with Gasteiger partial charge in [-0.1, -0.05) is 24.3 Å². The highest BCUT2D eigenvalue weighted by Gasteiger charge is 2.20. The van der Waals surface area contributed by atoms with E-state index in [4.69, 9.17) is 23.8 Å². The highest BCUT2D eigenvalue weighted by molar-refractivity contribution is 7.90. The number of halogens is 2. The molecule has 0 bridgehead atoms. The van der Waals surface area contributed by atoms with E-state index in [2.05, 4.69) is 9.44 Å². The van der Waals surface area contributed by atoms with Crippen molar-refractivity contribution in [3.05, 3.63) is 139 Å². The molecule has 0 aliphatic heterocycles. The smallest absolute Gasteiger partial charge is 0.340 e. The Balaban J connectivity index is 1.29. The van der Waals surface area contributed by atoms with Gasteiger partial charge in [-0.3, -0.25) is 9.44 Å². The second kappa shape index (κ2) is 13.3. The number of ether oxygens (including phenoxy) is 1. The van der Waals surface area contributed by atoms with Crippen LogP contribution in [0.2, 0.25) is 0 Å². The summed E-state index contributed by atoms with van der Waals surface area (Å²) in [5.74, 6) is -2.75. The molecule has 0 fully saturated rings. The van der Waals surface area contributed by atoms with Crippen LogP contribution in [0.25, 0.3) is 21.9 Å². The first kappa shape index (κ1) is 35.2. The predicted molar refractivity (Wildman–Crippen MR) is 186 cm³/mol. The lowest BCUT2D eigenvalue weighted by Crippen LogP contribution is -2.21. The molecule has 17 heteroatoms. The van der Waals surface area contributed by atoms with Gasteiger partial charge in [0.25, 0.3) is 20.4 Å². The van der Waals surface area contributed by atoms with Crippen molar-refractivity contribution in [3.63, 3.8) is 0 Å². The lowest BCUT2D eigenvalue weighted by atomic mass is 9.99. The fourth-order valence-electron chi connectivity index (χ4n) is 5.69. The second-order valence-electron chi connectivity index (χ2n) is 11.7. The average molecular weight is 739 g/mol. The maximum Gasteiger partial charge on any atom is 0.340 e. The van der Waals surface area contributed by atoms with Crippen LogP contribution in [-0.4, -0.2) is 16.8 Å². The molecule has 0 radical (unpaired) electrons. The van der Waals surface area contributed by atoms with Gasteiger partial charge in [-0.05, 0) is 72.5 Å². The zero-order valence-electron chi connectivity index (χ0n) is 26.7. The van der Waals surface area contributed by atoms with Gasteiger partial charge in [0.2, 0.25) is 0 Å². The molecule has 0 unspecified atom stereocenters. The first-order chi connectivity index (χ1) is 23.9. The summed E-state index contributed by atoms with van der Waals surface area (Å²) < 4.78 is 97.4. The van der Waals surface area contributed by atoms with Gasteiger partial charge in [-0.2, -0.15) is 16.8 Å². The molecule has 4 aromatic carbocycles. The molecule has 0 aliphatic rings. The summed E-state index contributed by atoms with van der Waals surface area (Å²) in [5.41, 5.74) is 1.09. The summed E-state index contributed by atoms with van der Waals surface area (Å²) in [5, 5.41) is 10.6. The van der Waals surface area contributed by atoms with Crippen LogP contribution in [0.3, 0.4) is 0 Å². The van der Waals surface area contributed by atoms with E-state index in [9.17, 15) is 26.4 Å². The molecule has 0 amide bonds. The third kappa shape index (κ3) is 7.91. The van der Waals surface area contributed by atoms with Gasteiger partial charge in [0.1, 0.15) is 11.2 Å². The van der Waals surface area contributed by atoms with Gasteiger partial charge in [0.05, 0.1) is 11.4 Å². The summed E-state index contributed by atoms with van der Waals surface area (Å²) in [6, 6.07) is 16.8. The van der Waals surface area contributed by atoms with E-state index in [-0.39, 0.29) is 57.3 Å². The molecular formula is C34H28F2N4O9S2. The lowest BCUT2D eigenvalue weighted by molar-refractivity contribution is 0.413. The van der Waals surface area contributed by atoms with Crippen LogP contribution in [0, 0.1) is 25.5 Å². The van der Waals surface area contributed by atoms with Gasteiger partial charge in [-0.15, -0.1) is 0 Å². The molecule has 0 saturated carbocycles. The van der Waals surface area contributed by atoms with Crippen molar-refractivity contribution in [2.45, 2.75) is 26.7 Å². The van der Waals surface area contributed by atoms with Gasteiger partial charge < -0.3 is 13.6 Å². The van der Waals surface area contributed by atoms with Gasteiger partial charge in [0, 0.05) is 46.9 Å².